The molecular formula is C15H13F3N2O. The van der Waals surface area contributed by atoms with Gasteiger partial charge in [0, 0.05) is 5.69 Å². The molecule has 0 bridgehead atoms. The van der Waals surface area contributed by atoms with Crippen LogP contribution in [-0.4, -0.2) is 12.5 Å². The largest absolute Gasteiger partial charge is 0.416 e. The molecule has 0 aliphatic carbocycles. The second-order valence-corrected chi connectivity index (χ2v) is 4.10. The van der Waals surface area contributed by atoms with E-state index in [2.05, 4.69) is 5.32 Å². The number of anilines is 1. The van der Waals surface area contributed by atoms with Gasteiger partial charge in [0.05, 0.1) is 22.9 Å². The average molecular weight is 294 g/mol. The predicted octanol–water partition coefficient (Wildman–Crippen LogP) is 3.95. The molecule has 0 unspecified atom stereocenters. The normalized spacial score (nSPS) is 12.7. The number of carbonyl (C=O) groups is 1. The number of hydrogen-bond donors (Lipinski definition) is 1. The van der Waals surface area contributed by atoms with Crippen molar-refractivity contribution >= 4 is 12.0 Å². The smallest absolute Gasteiger partial charge is 0.353 e. The maximum atomic E-state index is 12.8. The number of hydrogen-bond acceptors (Lipinski definition) is 3. The van der Waals surface area contributed by atoms with Gasteiger partial charge in [0.1, 0.15) is 0 Å². The van der Waals surface area contributed by atoms with E-state index in [0.717, 1.165) is 12.2 Å². The van der Waals surface area contributed by atoms with E-state index in [1.807, 2.05) is 6.07 Å². The van der Waals surface area contributed by atoms with Gasteiger partial charge in [0.2, 0.25) is 0 Å². The molecule has 0 aliphatic heterocycles. The summed E-state index contributed by atoms with van der Waals surface area (Å²) in [7, 11) is 0. The van der Waals surface area contributed by atoms with Crippen molar-refractivity contribution in [3.8, 4) is 6.07 Å². The highest BCUT2D eigenvalue weighted by Gasteiger charge is 2.31. The van der Waals surface area contributed by atoms with E-state index < -0.39 is 11.7 Å². The molecule has 1 aromatic carbocycles. The van der Waals surface area contributed by atoms with Crippen molar-refractivity contribution in [2.45, 2.75) is 19.5 Å². The summed E-state index contributed by atoms with van der Waals surface area (Å²) in [5.41, 5.74) is -0.422. The number of nitriles is 1. The first-order chi connectivity index (χ1) is 9.90. The lowest BCUT2D eigenvalue weighted by molar-refractivity contribution is -0.104. The molecule has 0 saturated heterocycles. The quantitative estimate of drug-likeness (QED) is 0.508. The van der Waals surface area contributed by atoms with Crippen LogP contribution >= 0.6 is 0 Å². The Kier molecular flexibility index (Phi) is 5.73. The van der Waals surface area contributed by atoms with Crippen LogP contribution in [0.5, 0.6) is 0 Å². The molecule has 0 heterocycles. The monoisotopic (exact) mass is 294 g/mol. The van der Waals surface area contributed by atoms with E-state index in [0.29, 0.717) is 17.5 Å². The third kappa shape index (κ3) is 5.15. The van der Waals surface area contributed by atoms with Crippen LogP contribution < -0.4 is 5.32 Å². The topological polar surface area (TPSA) is 52.9 Å². The molecule has 110 valence electrons. The molecule has 3 nitrogen and oxygen atoms in total. The lowest BCUT2D eigenvalue weighted by atomic mass is 10.1. The van der Waals surface area contributed by atoms with Crippen molar-refractivity contribution in [2.24, 2.45) is 0 Å². The Balaban J connectivity index is 3.07. The van der Waals surface area contributed by atoms with Crippen LogP contribution in [0.2, 0.25) is 0 Å². The Labute approximate surface area is 120 Å². The van der Waals surface area contributed by atoms with Crippen LogP contribution in [0.25, 0.3) is 0 Å². The number of nitrogens with zero attached hydrogens (tertiary/aromatic N) is 1. The Morgan fingerprint density at radius 2 is 2.14 bits per heavy atom. The van der Waals surface area contributed by atoms with Gasteiger partial charge in [-0.15, -0.1) is 0 Å². The van der Waals surface area contributed by atoms with E-state index >= 15 is 0 Å². The number of halogens is 3. The molecule has 6 heteroatoms. The van der Waals surface area contributed by atoms with Crippen molar-refractivity contribution in [1.82, 2.24) is 0 Å². The highest BCUT2D eigenvalue weighted by molar-refractivity contribution is 5.80. The van der Waals surface area contributed by atoms with Gasteiger partial charge in [-0.2, -0.15) is 18.4 Å². The van der Waals surface area contributed by atoms with Crippen molar-refractivity contribution in [3.63, 3.8) is 0 Å². The van der Waals surface area contributed by atoms with Gasteiger partial charge in [0.15, 0.2) is 6.29 Å². The SMILES string of the molecule is CC/C=C(/C=C(/C=O)Nc1cccc(C#N)c1)C(F)(F)F. The fourth-order valence-corrected chi connectivity index (χ4v) is 1.58. The lowest BCUT2D eigenvalue weighted by Crippen LogP contribution is -2.12. The fourth-order valence-electron chi connectivity index (χ4n) is 1.58. The lowest BCUT2D eigenvalue weighted by Gasteiger charge is -2.10. The van der Waals surface area contributed by atoms with Crippen LogP contribution in [0, 0.1) is 11.3 Å². The van der Waals surface area contributed by atoms with Gasteiger partial charge in [-0.3, -0.25) is 4.79 Å². The molecule has 0 fully saturated rings. The Morgan fingerprint density at radius 3 is 2.67 bits per heavy atom. The van der Waals surface area contributed by atoms with Crippen molar-refractivity contribution < 1.29 is 18.0 Å². The molecule has 1 rings (SSSR count). The van der Waals surface area contributed by atoms with Crippen LogP contribution in [-0.2, 0) is 4.79 Å². The van der Waals surface area contributed by atoms with Gasteiger partial charge in [0.25, 0.3) is 0 Å². The minimum absolute atomic E-state index is 0.196. The zero-order chi connectivity index (χ0) is 15.9. The molecule has 0 saturated carbocycles. The Hall–Kier alpha value is -2.55. The maximum Gasteiger partial charge on any atom is 0.416 e. The highest BCUT2D eigenvalue weighted by Crippen LogP contribution is 2.28. The van der Waals surface area contributed by atoms with E-state index in [9.17, 15) is 18.0 Å². The second-order valence-electron chi connectivity index (χ2n) is 4.10. The summed E-state index contributed by atoms with van der Waals surface area (Å²) in [5.74, 6) is 0. The first kappa shape index (κ1) is 16.5. The maximum absolute atomic E-state index is 12.8. The average Bonchev–Trinajstić information content (AvgIpc) is 2.45. The summed E-state index contributed by atoms with van der Waals surface area (Å²) in [6.07, 6.45) is -2.29. The van der Waals surface area contributed by atoms with Crippen molar-refractivity contribution in [3.05, 3.63) is 53.3 Å². The van der Waals surface area contributed by atoms with Crippen molar-refractivity contribution in [1.29, 1.82) is 5.26 Å². The first-order valence-electron chi connectivity index (χ1n) is 6.12. The molecule has 0 spiro atoms. The van der Waals surface area contributed by atoms with Crippen LogP contribution in [0.1, 0.15) is 18.9 Å². The summed E-state index contributed by atoms with van der Waals surface area (Å²) < 4.78 is 38.3. The molecule has 0 aromatic heterocycles. The highest BCUT2D eigenvalue weighted by atomic mass is 19.4. The number of benzene rings is 1. The predicted molar refractivity (Wildman–Crippen MR) is 73.4 cm³/mol. The molecule has 0 radical (unpaired) electrons. The van der Waals surface area contributed by atoms with E-state index in [1.54, 1.807) is 25.1 Å². The van der Waals surface area contributed by atoms with Crippen LogP contribution in [0.15, 0.2) is 47.7 Å². The molecular weight excluding hydrogens is 281 g/mol. The van der Waals surface area contributed by atoms with Gasteiger partial charge in [-0.05, 0) is 30.7 Å². The zero-order valence-corrected chi connectivity index (χ0v) is 11.2. The molecule has 1 N–H and O–H groups in total. The number of allylic oxidation sites excluding steroid dienone is 4. The molecule has 21 heavy (non-hydrogen) atoms. The number of carbonyl (C=O) groups excluding carboxylic acids is 1. The first-order valence-corrected chi connectivity index (χ1v) is 6.12. The Morgan fingerprint density at radius 1 is 1.43 bits per heavy atom. The summed E-state index contributed by atoms with van der Waals surface area (Å²) in [6.45, 7) is 1.57. The molecule has 1 aromatic rings. The molecule has 0 aliphatic rings. The molecule has 0 atom stereocenters. The van der Waals surface area contributed by atoms with Crippen LogP contribution in [0.4, 0.5) is 18.9 Å². The van der Waals surface area contributed by atoms with Crippen molar-refractivity contribution in [2.75, 3.05) is 5.32 Å². The van der Waals surface area contributed by atoms with E-state index in [-0.39, 0.29) is 12.1 Å². The van der Waals surface area contributed by atoms with E-state index in [4.69, 9.17) is 5.26 Å². The van der Waals surface area contributed by atoms with Gasteiger partial charge >= 0.3 is 6.18 Å². The third-order valence-corrected chi connectivity index (χ3v) is 2.47. The number of alkyl halides is 3. The summed E-state index contributed by atoms with van der Waals surface area (Å²) in [6, 6.07) is 8.01. The minimum Gasteiger partial charge on any atom is -0.353 e. The Bertz CT molecular complexity index is 610. The van der Waals surface area contributed by atoms with E-state index in [1.165, 1.54) is 6.07 Å². The zero-order valence-electron chi connectivity index (χ0n) is 11.2. The second kappa shape index (κ2) is 7.29. The minimum atomic E-state index is -4.53. The summed E-state index contributed by atoms with van der Waals surface area (Å²) in [4.78, 5) is 10.9. The number of aldehydes is 1. The van der Waals surface area contributed by atoms with Gasteiger partial charge in [-0.1, -0.05) is 19.1 Å². The summed E-state index contributed by atoms with van der Waals surface area (Å²) in [5, 5.41) is 11.3. The van der Waals surface area contributed by atoms with Gasteiger partial charge in [-0.25, -0.2) is 0 Å². The number of rotatable bonds is 5. The fraction of sp³-hybridized carbons (Fsp3) is 0.200. The summed E-state index contributed by atoms with van der Waals surface area (Å²) >= 11 is 0. The molecule has 0 amide bonds. The standard InChI is InChI=1S/C15H13F3N2O/c1-2-4-12(15(16,17)18)8-14(10-21)20-13-6-3-5-11(7-13)9-19/h3-8,10,20H,2H2,1H3/b12-4-,14-8-. The van der Waals surface area contributed by atoms with Gasteiger partial charge < -0.3 is 5.32 Å². The third-order valence-electron chi connectivity index (χ3n) is 2.47. The number of nitrogens with one attached hydrogen (secondary N) is 1. The van der Waals surface area contributed by atoms with Crippen LogP contribution in [0.3, 0.4) is 0 Å².